The van der Waals surface area contributed by atoms with Crippen molar-refractivity contribution in [2.24, 2.45) is 0 Å². The molecule has 0 heterocycles. The fraction of sp³-hybridized carbons (Fsp3) is 0. The smallest absolute Gasteiger partial charge is 0.193 e. The van der Waals surface area contributed by atoms with E-state index in [4.69, 9.17) is 0 Å². The summed E-state index contributed by atoms with van der Waals surface area (Å²) in [4.78, 5) is 21.9. The normalized spacial score (nSPS) is 9.27. The highest BCUT2D eigenvalue weighted by molar-refractivity contribution is 6.08. The van der Waals surface area contributed by atoms with E-state index in [1.807, 2.05) is 78.9 Å². The van der Waals surface area contributed by atoms with Crippen molar-refractivity contribution >= 4 is 12.1 Å². The van der Waals surface area contributed by atoms with Gasteiger partial charge in [-0.1, -0.05) is 91.0 Å². The molecular weight excluding hydrogens is 272 g/mol. The predicted octanol–water partition coefficient (Wildman–Crippen LogP) is 4.42. The van der Waals surface area contributed by atoms with Crippen molar-refractivity contribution in [3.05, 3.63) is 108 Å². The van der Waals surface area contributed by atoms with E-state index in [2.05, 4.69) is 0 Å². The molecule has 108 valence electrons. The van der Waals surface area contributed by atoms with Gasteiger partial charge in [0.15, 0.2) is 5.78 Å². The summed E-state index contributed by atoms with van der Waals surface area (Å²) in [7, 11) is 0. The Morgan fingerprint density at radius 2 is 0.955 bits per heavy atom. The maximum atomic E-state index is 11.8. The molecule has 0 aromatic heterocycles. The molecule has 3 aromatic rings. The molecular formula is C20H16O2. The average Bonchev–Trinajstić information content (AvgIpc) is 2.64. The minimum Gasteiger partial charge on any atom is -0.298 e. The molecule has 2 heteroatoms. The van der Waals surface area contributed by atoms with Crippen molar-refractivity contribution in [1.29, 1.82) is 0 Å². The first-order valence-corrected chi connectivity index (χ1v) is 6.96. The fourth-order valence-corrected chi connectivity index (χ4v) is 1.88. The zero-order chi connectivity index (χ0) is 15.6. The van der Waals surface area contributed by atoms with Crippen molar-refractivity contribution in [3.8, 4) is 0 Å². The van der Waals surface area contributed by atoms with Crippen LogP contribution in [0.5, 0.6) is 0 Å². The number of ketones is 1. The Balaban J connectivity index is 0.000000188. The molecule has 0 saturated heterocycles. The van der Waals surface area contributed by atoms with Gasteiger partial charge in [0.25, 0.3) is 0 Å². The number of carbonyl (C=O) groups excluding carboxylic acids is 2. The van der Waals surface area contributed by atoms with E-state index in [-0.39, 0.29) is 5.78 Å². The van der Waals surface area contributed by atoms with Crippen LogP contribution in [0.2, 0.25) is 0 Å². The number of hydrogen-bond donors (Lipinski definition) is 0. The molecule has 0 atom stereocenters. The topological polar surface area (TPSA) is 34.1 Å². The van der Waals surface area contributed by atoms with Crippen LogP contribution in [0.25, 0.3) is 0 Å². The Bertz CT molecular complexity index is 663. The first-order chi connectivity index (χ1) is 10.8. The van der Waals surface area contributed by atoms with Crippen LogP contribution < -0.4 is 0 Å². The Kier molecular flexibility index (Phi) is 5.82. The molecule has 2 nitrogen and oxygen atoms in total. The Morgan fingerprint density at radius 1 is 0.591 bits per heavy atom. The van der Waals surface area contributed by atoms with Crippen LogP contribution in [0.1, 0.15) is 26.3 Å². The van der Waals surface area contributed by atoms with Gasteiger partial charge in [-0.3, -0.25) is 9.59 Å². The fourth-order valence-electron chi connectivity index (χ4n) is 1.88. The van der Waals surface area contributed by atoms with E-state index in [1.54, 1.807) is 12.1 Å². The first-order valence-electron chi connectivity index (χ1n) is 6.96. The van der Waals surface area contributed by atoms with Crippen LogP contribution in [0, 0.1) is 0 Å². The van der Waals surface area contributed by atoms with Crippen LogP contribution in [0.4, 0.5) is 0 Å². The van der Waals surface area contributed by atoms with E-state index in [1.165, 1.54) is 0 Å². The Morgan fingerprint density at radius 3 is 1.27 bits per heavy atom. The van der Waals surface area contributed by atoms with Crippen LogP contribution in [0.15, 0.2) is 91.0 Å². The summed E-state index contributed by atoms with van der Waals surface area (Å²) in [5, 5.41) is 0. The minimum absolute atomic E-state index is 0.0752. The van der Waals surface area contributed by atoms with Gasteiger partial charge in [0.1, 0.15) is 6.29 Å². The van der Waals surface area contributed by atoms with Crippen molar-refractivity contribution in [2.75, 3.05) is 0 Å². The lowest BCUT2D eigenvalue weighted by molar-refractivity contribution is 0.103. The van der Waals surface area contributed by atoms with Crippen molar-refractivity contribution < 1.29 is 9.59 Å². The van der Waals surface area contributed by atoms with Crippen molar-refractivity contribution in [2.45, 2.75) is 0 Å². The van der Waals surface area contributed by atoms with Gasteiger partial charge in [0, 0.05) is 16.7 Å². The number of benzene rings is 3. The summed E-state index contributed by atoms with van der Waals surface area (Å²) < 4.78 is 0. The summed E-state index contributed by atoms with van der Waals surface area (Å²) in [5.74, 6) is 0.0752. The zero-order valence-corrected chi connectivity index (χ0v) is 12.1. The Hall–Kier alpha value is -3.00. The number of hydrogen-bond acceptors (Lipinski definition) is 2. The van der Waals surface area contributed by atoms with Crippen LogP contribution in [0.3, 0.4) is 0 Å². The molecule has 0 fully saturated rings. The van der Waals surface area contributed by atoms with Crippen LogP contribution >= 0.6 is 0 Å². The molecule has 0 unspecified atom stereocenters. The molecule has 0 aliphatic carbocycles. The second-order valence-electron chi connectivity index (χ2n) is 4.59. The van der Waals surface area contributed by atoms with Crippen LogP contribution in [-0.4, -0.2) is 12.1 Å². The molecule has 22 heavy (non-hydrogen) atoms. The summed E-state index contributed by atoms with van der Waals surface area (Å²) in [6, 6.07) is 27.7. The minimum atomic E-state index is 0.0752. The second-order valence-corrected chi connectivity index (χ2v) is 4.59. The zero-order valence-electron chi connectivity index (χ0n) is 12.1. The summed E-state index contributed by atoms with van der Waals surface area (Å²) >= 11 is 0. The van der Waals surface area contributed by atoms with Gasteiger partial charge in [-0.15, -0.1) is 0 Å². The molecule has 3 aromatic carbocycles. The molecule has 0 radical (unpaired) electrons. The third-order valence-corrected chi connectivity index (χ3v) is 3.01. The third kappa shape index (κ3) is 4.53. The molecule has 0 spiro atoms. The van der Waals surface area contributed by atoms with E-state index in [0.29, 0.717) is 0 Å². The summed E-state index contributed by atoms with van der Waals surface area (Å²) in [6.45, 7) is 0. The largest absolute Gasteiger partial charge is 0.298 e. The first kappa shape index (κ1) is 15.4. The van der Waals surface area contributed by atoms with Gasteiger partial charge in [-0.2, -0.15) is 0 Å². The van der Waals surface area contributed by atoms with E-state index >= 15 is 0 Å². The lowest BCUT2D eigenvalue weighted by atomic mass is 10.0. The standard InChI is InChI=1S/C13H10O.C7H6O/c14-13(11-7-3-1-4-8-11)12-9-5-2-6-10-12;8-6-7-4-2-1-3-5-7/h1-10H;1-6H. The van der Waals surface area contributed by atoms with Gasteiger partial charge in [0.2, 0.25) is 0 Å². The Labute approximate surface area is 130 Å². The predicted molar refractivity (Wildman–Crippen MR) is 88.1 cm³/mol. The van der Waals surface area contributed by atoms with Gasteiger partial charge < -0.3 is 0 Å². The van der Waals surface area contributed by atoms with Gasteiger partial charge in [-0.05, 0) is 0 Å². The summed E-state index contributed by atoms with van der Waals surface area (Å²) in [6.07, 6.45) is 0.833. The third-order valence-electron chi connectivity index (χ3n) is 3.01. The van der Waals surface area contributed by atoms with E-state index in [0.717, 1.165) is 23.0 Å². The molecule has 0 amide bonds. The van der Waals surface area contributed by atoms with E-state index < -0.39 is 0 Å². The molecule has 0 aliphatic heterocycles. The van der Waals surface area contributed by atoms with Crippen molar-refractivity contribution in [3.63, 3.8) is 0 Å². The molecule has 3 rings (SSSR count). The maximum Gasteiger partial charge on any atom is 0.193 e. The van der Waals surface area contributed by atoms with Gasteiger partial charge >= 0.3 is 0 Å². The number of aldehydes is 1. The molecule has 0 saturated carbocycles. The second kappa shape index (κ2) is 8.32. The number of rotatable bonds is 3. The maximum absolute atomic E-state index is 11.8. The highest BCUT2D eigenvalue weighted by Crippen LogP contribution is 2.08. The van der Waals surface area contributed by atoms with E-state index in [9.17, 15) is 9.59 Å². The highest BCUT2D eigenvalue weighted by atomic mass is 16.1. The van der Waals surface area contributed by atoms with Crippen LogP contribution in [-0.2, 0) is 0 Å². The molecule has 0 aliphatic rings. The van der Waals surface area contributed by atoms with Gasteiger partial charge in [0.05, 0.1) is 0 Å². The SMILES string of the molecule is O=C(c1ccccc1)c1ccccc1.O=Cc1ccccc1. The monoisotopic (exact) mass is 288 g/mol. The molecule has 0 N–H and O–H groups in total. The number of carbonyl (C=O) groups is 2. The lowest BCUT2D eigenvalue weighted by Gasteiger charge is -1.99. The van der Waals surface area contributed by atoms with Gasteiger partial charge in [-0.25, -0.2) is 0 Å². The summed E-state index contributed by atoms with van der Waals surface area (Å²) in [5.41, 5.74) is 2.20. The average molecular weight is 288 g/mol. The molecule has 0 bridgehead atoms. The highest BCUT2D eigenvalue weighted by Gasteiger charge is 2.06. The van der Waals surface area contributed by atoms with Crippen molar-refractivity contribution in [1.82, 2.24) is 0 Å². The lowest BCUT2D eigenvalue weighted by Crippen LogP contribution is -1.99. The quantitative estimate of drug-likeness (QED) is 0.528.